The summed E-state index contributed by atoms with van der Waals surface area (Å²) in [7, 11) is 1.74. The van der Waals surface area contributed by atoms with Crippen LogP contribution < -0.4 is 5.32 Å². The first-order valence-corrected chi connectivity index (χ1v) is 5.66. The van der Waals surface area contributed by atoms with E-state index < -0.39 is 0 Å². The Morgan fingerprint density at radius 1 is 1.71 bits per heavy atom. The van der Waals surface area contributed by atoms with E-state index in [9.17, 15) is 4.79 Å². The molecule has 1 unspecified atom stereocenters. The summed E-state index contributed by atoms with van der Waals surface area (Å²) >= 11 is 0. The lowest BCUT2D eigenvalue weighted by molar-refractivity contribution is -0.144. The zero-order valence-corrected chi connectivity index (χ0v) is 10.1. The summed E-state index contributed by atoms with van der Waals surface area (Å²) in [6, 6.07) is 1.82. The molecule has 0 bridgehead atoms. The Kier molecular flexibility index (Phi) is 3.75. The molecule has 1 amide bonds. The van der Waals surface area contributed by atoms with Gasteiger partial charge in [-0.05, 0) is 6.92 Å². The molecule has 1 fully saturated rings. The van der Waals surface area contributed by atoms with E-state index in [0.717, 1.165) is 18.0 Å². The third-order valence-electron chi connectivity index (χ3n) is 2.66. The number of nitrogens with one attached hydrogen (secondary N) is 1. The number of rotatable bonds is 3. The average molecular weight is 239 g/mol. The van der Waals surface area contributed by atoms with Crippen LogP contribution in [0.4, 0.5) is 0 Å². The molecule has 0 saturated carbocycles. The van der Waals surface area contributed by atoms with Gasteiger partial charge >= 0.3 is 0 Å². The van der Waals surface area contributed by atoms with Crippen LogP contribution >= 0.6 is 0 Å². The molecular weight excluding hydrogens is 222 g/mol. The van der Waals surface area contributed by atoms with Crippen molar-refractivity contribution in [1.82, 2.24) is 15.4 Å². The second-order valence-electron chi connectivity index (χ2n) is 4.19. The van der Waals surface area contributed by atoms with Gasteiger partial charge in [0.25, 0.3) is 5.91 Å². The largest absolute Gasteiger partial charge is 0.366 e. The molecular formula is C11H17N3O3. The minimum Gasteiger partial charge on any atom is -0.366 e. The highest BCUT2D eigenvalue weighted by atomic mass is 16.5. The summed E-state index contributed by atoms with van der Waals surface area (Å²) in [5.74, 6) is 0.717. The molecule has 1 aliphatic rings. The number of carbonyl (C=O) groups is 1. The molecule has 2 rings (SSSR count). The zero-order chi connectivity index (χ0) is 12.3. The summed E-state index contributed by atoms with van der Waals surface area (Å²) in [4.78, 5) is 13.6. The van der Waals surface area contributed by atoms with E-state index in [0.29, 0.717) is 19.7 Å². The van der Waals surface area contributed by atoms with Gasteiger partial charge in [0.15, 0.2) is 0 Å². The smallest absolute Gasteiger partial charge is 0.253 e. The van der Waals surface area contributed by atoms with Crippen LogP contribution in [-0.4, -0.2) is 48.8 Å². The number of hydrogen-bond acceptors (Lipinski definition) is 5. The molecule has 2 heterocycles. The minimum atomic E-state index is -0.387. The van der Waals surface area contributed by atoms with Crippen molar-refractivity contribution < 1.29 is 14.1 Å². The van der Waals surface area contributed by atoms with Gasteiger partial charge in [0, 0.05) is 26.2 Å². The molecule has 0 spiro atoms. The van der Waals surface area contributed by atoms with Gasteiger partial charge in [0.05, 0.1) is 13.2 Å². The number of ether oxygens (including phenoxy) is 1. The van der Waals surface area contributed by atoms with E-state index in [1.54, 1.807) is 11.9 Å². The van der Waals surface area contributed by atoms with Gasteiger partial charge in [-0.2, -0.15) is 0 Å². The van der Waals surface area contributed by atoms with E-state index in [-0.39, 0.29) is 12.0 Å². The monoisotopic (exact) mass is 239 g/mol. The van der Waals surface area contributed by atoms with E-state index in [1.165, 1.54) is 0 Å². The van der Waals surface area contributed by atoms with Crippen molar-refractivity contribution in [1.29, 1.82) is 0 Å². The summed E-state index contributed by atoms with van der Waals surface area (Å²) in [5.41, 5.74) is 0.752. The van der Waals surface area contributed by atoms with Gasteiger partial charge in [-0.15, -0.1) is 0 Å². The predicted molar refractivity (Wildman–Crippen MR) is 60.3 cm³/mol. The van der Waals surface area contributed by atoms with Crippen LogP contribution in [-0.2, 0) is 16.1 Å². The van der Waals surface area contributed by atoms with Crippen molar-refractivity contribution in [3.8, 4) is 0 Å². The van der Waals surface area contributed by atoms with Gasteiger partial charge in [-0.25, -0.2) is 0 Å². The number of carbonyl (C=O) groups excluding carboxylic acids is 1. The first-order valence-electron chi connectivity index (χ1n) is 5.66. The highest BCUT2D eigenvalue weighted by molar-refractivity contribution is 5.81. The summed E-state index contributed by atoms with van der Waals surface area (Å²) in [6.07, 6.45) is -0.387. The van der Waals surface area contributed by atoms with E-state index in [1.807, 2.05) is 13.0 Å². The SMILES string of the molecule is Cc1cc(CN(C)C(=O)C2CNCCO2)no1. The molecule has 0 aliphatic carbocycles. The quantitative estimate of drug-likeness (QED) is 0.799. The Morgan fingerprint density at radius 3 is 3.12 bits per heavy atom. The summed E-state index contributed by atoms with van der Waals surface area (Å²) in [5, 5.41) is 6.99. The Labute approximate surface area is 99.9 Å². The van der Waals surface area contributed by atoms with Crippen LogP contribution in [0.3, 0.4) is 0 Å². The fraction of sp³-hybridized carbons (Fsp3) is 0.636. The van der Waals surface area contributed by atoms with Crippen molar-refractivity contribution in [2.75, 3.05) is 26.7 Å². The molecule has 1 aromatic rings. The Morgan fingerprint density at radius 2 is 2.53 bits per heavy atom. The Hall–Kier alpha value is -1.40. The molecule has 17 heavy (non-hydrogen) atoms. The van der Waals surface area contributed by atoms with E-state index in [4.69, 9.17) is 9.26 Å². The number of nitrogens with zero attached hydrogens (tertiary/aromatic N) is 2. The van der Waals surface area contributed by atoms with Crippen LogP contribution in [0.25, 0.3) is 0 Å². The van der Waals surface area contributed by atoms with Crippen molar-refractivity contribution in [2.24, 2.45) is 0 Å². The molecule has 94 valence electrons. The number of aryl methyl sites for hydroxylation is 1. The van der Waals surface area contributed by atoms with Crippen molar-refractivity contribution >= 4 is 5.91 Å². The van der Waals surface area contributed by atoms with E-state index in [2.05, 4.69) is 10.5 Å². The Balaban J connectivity index is 1.90. The highest BCUT2D eigenvalue weighted by Gasteiger charge is 2.25. The number of aromatic nitrogens is 1. The first-order chi connectivity index (χ1) is 8.16. The number of likely N-dealkylation sites (N-methyl/N-ethyl adjacent to an activating group) is 1. The molecule has 1 aliphatic heterocycles. The van der Waals surface area contributed by atoms with Crippen molar-refractivity contribution in [3.63, 3.8) is 0 Å². The topological polar surface area (TPSA) is 67.6 Å². The first kappa shape index (κ1) is 12.1. The normalized spacial score (nSPS) is 20.2. The van der Waals surface area contributed by atoms with Gasteiger partial charge in [-0.3, -0.25) is 4.79 Å². The van der Waals surface area contributed by atoms with Crippen molar-refractivity contribution in [2.45, 2.75) is 19.6 Å². The highest BCUT2D eigenvalue weighted by Crippen LogP contribution is 2.07. The lowest BCUT2D eigenvalue weighted by Crippen LogP contribution is -2.48. The molecule has 0 radical (unpaired) electrons. The van der Waals surface area contributed by atoms with Crippen LogP contribution in [0, 0.1) is 6.92 Å². The standard InChI is InChI=1S/C11H17N3O3/c1-8-5-9(13-17-8)7-14(2)11(15)10-6-12-3-4-16-10/h5,10,12H,3-4,6-7H2,1-2H3. The second kappa shape index (κ2) is 5.29. The molecule has 1 N–H and O–H groups in total. The number of amides is 1. The maximum atomic E-state index is 12.0. The Bertz CT molecular complexity index is 385. The van der Waals surface area contributed by atoms with Crippen LogP contribution in [0.2, 0.25) is 0 Å². The average Bonchev–Trinajstić information content (AvgIpc) is 2.75. The van der Waals surface area contributed by atoms with Gasteiger partial charge < -0.3 is 19.5 Å². The fourth-order valence-corrected chi connectivity index (χ4v) is 1.78. The maximum absolute atomic E-state index is 12.0. The maximum Gasteiger partial charge on any atom is 0.253 e. The third kappa shape index (κ3) is 3.04. The van der Waals surface area contributed by atoms with Gasteiger partial charge in [0.2, 0.25) is 0 Å². The summed E-state index contributed by atoms with van der Waals surface area (Å²) < 4.78 is 10.4. The van der Waals surface area contributed by atoms with Crippen molar-refractivity contribution in [3.05, 3.63) is 17.5 Å². The second-order valence-corrected chi connectivity index (χ2v) is 4.19. The minimum absolute atomic E-state index is 0.0298. The van der Waals surface area contributed by atoms with Crippen LogP contribution in [0.5, 0.6) is 0 Å². The fourth-order valence-electron chi connectivity index (χ4n) is 1.78. The molecule has 1 aromatic heterocycles. The lowest BCUT2D eigenvalue weighted by atomic mass is 10.2. The lowest BCUT2D eigenvalue weighted by Gasteiger charge is -2.26. The van der Waals surface area contributed by atoms with Gasteiger partial charge in [0.1, 0.15) is 17.6 Å². The third-order valence-corrected chi connectivity index (χ3v) is 2.66. The summed E-state index contributed by atoms with van der Waals surface area (Å²) in [6.45, 7) is 4.22. The molecule has 1 saturated heterocycles. The number of morpholine rings is 1. The molecule has 0 aromatic carbocycles. The molecule has 6 heteroatoms. The molecule has 1 atom stereocenters. The predicted octanol–water partition coefficient (Wildman–Crippen LogP) is -0.0702. The van der Waals surface area contributed by atoms with Crippen LogP contribution in [0.15, 0.2) is 10.6 Å². The van der Waals surface area contributed by atoms with Crippen LogP contribution in [0.1, 0.15) is 11.5 Å². The number of hydrogen-bond donors (Lipinski definition) is 1. The zero-order valence-electron chi connectivity index (χ0n) is 10.1. The van der Waals surface area contributed by atoms with E-state index >= 15 is 0 Å². The molecule has 6 nitrogen and oxygen atoms in total. The van der Waals surface area contributed by atoms with Gasteiger partial charge in [-0.1, -0.05) is 5.16 Å².